The maximum Gasteiger partial charge on any atom is 0.416 e. The first-order valence-electron chi connectivity index (χ1n) is 6.82. The van der Waals surface area contributed by atoms with Crippen LogP contribution in [-0.4, -0.2) is 43.6 Å². The smallest absolute Gasteiger partial charge is 0.416 e. The van der Waals surface area contributed by atoms with Crippen LogP contribution in [-0.2, 0) is 9.53 Å². The summed E-state index contributed by atoms with van der Waals surface area (Å²) in [7, 11) is 1.84. The summed E-state index contributed by atoms with van der Waals surface area (Å²) >= 11 is 0. The van der Waals surface area contributed by atoms with Gasteiger partial charge in [0.2, 0.25) is 0 Å². The van der Waals surface area contributed by atoms with Crippen LogP contribution in [0.25, 0.3) is 10.8 Å². The molecule has 0 atom stereocenters. The van der Waals surface area contributed by atoms with Gasteiger partial charge in [0.05, 0.1) is 13.1 Å². The summed E-state index contributed by atoms with van der Waals surface area (Å²) in [5.41, 5.74) is 0.939. The molecule has 5 heteroatoms. The second-order valence-corrected chi connectivity index (χ2v) is 5.05. The Kier molecular flexibility index (Phi) is 3.48. The van der Waals surface area contributed by atoms with Crippen LogP contribution in [0.2, 0.25) is 0 Å². The van der Waals surface area contributed by atoms with Crippen molar-refractivity contribution in [3.63, 3.8) is 0 Å². The minimum Gasteiger partial charge on any atom is -0.447 e. The average Bonchev–Trinajstić information content (AvgIpc) is 2.93. The molecule has 0 aromatic heterocycles. The molecule has 108 valence electrons. The standard InChI is InChI=1S/C16H16N2O3/c1-17(11-15(19)18-8-9-21-16(18)20)14-7-6-12-4-2-3-5-13(12)10-14/h2-7,10H,8-9,11H2,1H3. The number of carbonyl (C=O) groups is 2. The van der Waals surface area contributed by atoms with E-state index in [1.165, 1.54) is 0 Å². The van der Waals surface area contributed by atoms with Gasteiger partial charge in [0.25, 0.3) is 5.91 Å². The largest absolute Gasteiger partial charge is 0.447 e. The van der Waals surface area contributed by atoms with E-state index in [9.17, 15) is 9.59 Å². The van der Waals surface area contributed by atoms with Crippen LogP contribution in [0.5, 0.6) is 0 Å². The Morgan fingerprint density at radius 3 is 2.71 bits per heavy atom. The lowest BCUT2D eigenvalue weighted by Gasteiger charge is -2.21. The molecule has 2 aromatic rings. The Balaban J connectivity index is 1.75. The van der Waals surface area contributed by atoms with Gasteiger partial charge in [0, 0.05) is 12.7 Å². The number of benzene rings is 2. The highest BCUT2D eigenvalue weighted by Gasteiger charge is 2.28. The van der Waals surface area contributed by atoms with Gasteiger partial charge in [-0.1, -0.05) is 30.3 Å². The van der Waals surface area contributed by atoms with Crippen LogP contribution in [0.4, 0.5) is 10.5 Å². The predicted octanol–water partition coefficient (Wildman–Crippen LogP) is 2.25. The molecule has 1 fully saturated rings. The maximum absolute atomic E-state index is 12.1. The van der Waals surface area contributed by atoms with Crippen LogP contribution in [0.1, 0.15) is 0 Å². The minimum absolute atomic E-state index is 0.146. The van der Waals surface area contributed by atoms with Crippen molar-refractivity contribution in [1.82, 2.24) is 4.90 Å². The number of fused-ring (bicyclic) bond motifs is 1. The van der Waals surface area contributed by atoms with E-state index in [4.69, 9.17) is 4.74 Å². The van der Waals surface area contributed by atoms with Crippen molar-refractivity contribution in [2.24, 2.45) is 0 Å². The first kappa shape index (κ1) is 13.4. The lowest BCUT2D eigenvalue weighted by atomic mass is 10.1. The molecular formula is C16H16N2O3. The number of nitrogens with zero attached hydrogens (tertiary/aromatic N) is 2. The van der Waals surface area contributed by atoms with Crippen molar-refractivity contribution in [2.45, 2.75) is 0 Å². The summed E-state index contributed by atoms with van der Waals surface area (Å²) in [6, 6.07) is 14.1. The monoisotopic (exact) mass is 284 g/mol. The van der Waals surface area contributed by atoms with E-state index in [2.05, 4.69) is 0 Å². The molecule has 3 rings (SSSR count). The Labute approximate surface area is 122 Å². The molecule has 0 bridgehead atoms. The van der Waals surface area contributed by atoms with Gasteiger partial charge in [-0.05, 0) is 22.9 Å². The molecule has 1 heterocycles. The van der Waals surface area contributed by atoms with Gasteiger partial charge in [0.15, 0.2) is 0 Å². The molecule has 1 saturated heterocycles. The van der Waals surface area contributed by atoms with Gasteiger partial charge < -0.3 is 9.64 Å². The average molecular weight is 284 g/mol. The van der Waals surface area contributed by atoms with E-state index in [1.54, 1.807) is 0 Å². The fourth-order valence-corrected chi connectivity index (χ4v) is 2.41. The number of hydrogen-bond donors (Lipinski definition) is 0. The normalized spacial score (nSPS) is 14.3. The number of hydrogen-bond acceptors (Lipinski definition) is 4. The number of cyclic esters (lactones) is 1. The number of ether oxygens (including phenoxy) is 1. The van der Waals surface area contributed by atoms with E-state index in [1.807, 2.05) is 54.4 Å². The van der Waals surface area contributed by atoms with E-state index >= 15 is 0 Å². The first-order chi connectivity index (χ1) is 10.1. The molecule has 1 aliphatic heterocycles. The summed E-state index contributed by atoms with van der Waals surface area (Å²) in [6.45, 7) is 0.765. The molecule has 0 spiro atoms. The second-order valence-electron chi connectivity index (χ2n) is 5.05. The summed E-state index contributed by atoms with van der Waals surface area (Å²) in [5, 5.41) is 2.28. The molecule has 0 saturated carbocycles. The number of amides is 2. The van der Waals surface area contributed by atoms with Gasteiger partial charge in [-0.15, -0.1) is 0 Å². The fourth-order valence-electron chi connectivity index (χ4n) is 2.41. The van der Waals surface area contributed by atoms with Crippen LogP contribution in [0.3, 0.4) is 0 Å². The molecule has 0 radical (unpaired) electrons. The fraction of sp³-hybridized carbons (Fsp3) is 0.250. The topological polar surface area (TPSA) is 49.9 Å². The molecule has 2 aromatic carbocycles. The highest BCUT2D eigenvalue weighted by Crippen LogP contribution is 2.21. The third-order valence-electron chi connectivity index (χ3n) is 3.61. The number of rotatable bonds is 3. The SMILES string of the molecule is CN(CC(=O)N1CCOC1=O)c1ccc2ccccc2c1. The number of anilines is 1. The van der Waals surface area contributed by atoms with Crippen molar-refractivity contribution >= 4 is 28.5 Å². The van der Waals surface area contributed by atoms with E-state index in [-0.39, 0.29) is 19.1 Å². The molecule has 0 aliphatic carbocycles. The summed E-state index contributed by atoms with van der Waals surface area (Å²) in [4.78, 5) is 26.4. The van der Waals surface area contributed by atoms with Gasteiger partial charge in [-0.2, -0.15) is 0 Å². The number of likely N-dealkylation sites (N-methyl/N-ethyl adjacent to an activating group) is 1. The molecular weight excluding hydrogens is 268 g/mol. The first-order valence-corrected chi connectivity index (χ1v) is 6.82. The van der Waals surface area contributed by atoms with Gasteiger partial charge >= 0.3 is 6.09 Å². The molecule has 2 amide bonds. The highest BCUT2D eigenvalue weighted by molar-refractivity contribution is 5.95. The zero-order valence-corrected chi connectivity index (χ0v) is 11.8. The highest BCUT2D eigenvalue weighted by atomic mass is 16.6. The van der Waals surface area contributed by atoms with Gasteiger partial charge in [0.1, 0.15) is 6.61 Å². The van der Waals surface area contributed by atoms with Crippen molar-refractivity contribution in [3.05, 3.63) is 42.5 Å². The van der Waals surface area contributed by atoms with Crippen molar-refractivity contribution in [2.75, 3.05) is 31.6 Å². The van der Waals surface area contributed by atoms with E-state index < -0.39 is 6.09 Å². The predicted molar refractivity (Wildman–Crippen MR) is 80.3 cm³/mol. The Bertz CT molecular complexity index is 699. The van der Waals surface area contributed by atoms with E-state index in [0.29, 0.717) is 6.54 Å². The number of carbonyl (C=O) groups excluding carboxylic acids is 2. The Morgan fingerprint density at radius 1 is 1.24 bits per heavy atom. The van der Waals surface area contributed by atoms with Crippen LogP contribution < -0.4 is 4.90 Å². The molecule has 0 unspecified atom stereocenters. The zero-order chi connectivity index (χ0) is 14.8. The van der Waals surface area contributed by atoms with Crippen molar-refractivity contribution in [1.29, 1.82) is 0 Å². The molecule has 0 N–H and O–H groups in total. The summed E-state index contributed by atoms with van der Waals surface area (Å²) in [6.07, 6.45) is -0.549. The van der Waals surface area contributed by atoms with Crippen LogP contribution in [0, 0.1) is 0 Å². The molecule has 21 heavy (non-hydrogen) atoms. The van der Waals surface area contributed by atoms with Gasteiger partial charge in [-0.3, -0.25) is 4.79 Å². The lowest BCUT2D eigenvalue weighted by Crippen LogP contribution is -2.39. The molecule has 1 aliphatic rings. The quantitative estimate of drug-likeness (QED) is 0.867. The summed E-state index contributed by atoms with van der Waals surface area (Å²) in [5.74, 6) is -0.242. The zero-order valence-electron chi connectivity index (χ0n) is 11.8. The van der Waals surface area contributed by atoms with Crippen LogP contribution in [0.15, 0.2) is 42.5 Å². The third kappa shape index (κ3) is 2.67. The third-order valence-corrected chi connectivity index (χ3v) is 3.61. The summed E-state index contributed by atoms with van der Waals surface area (Å²) < 4.78 is 4.78. The Morgan fingerprint density at radius 2 is 2.00 bits per heavy atom. The Hall–Kier alpha value is -2.56. The van der Waals surface area contributed by atoms with E-state index in [0.717, 1.165) is 21.4 Å². The van der Waals surface area contributed by atoms with Crippen LogP contribution >= 0.6 is 0 Å². The number of imide groups is 1. The lowest BCUT2D eigenvalue weighted by molar-refractivity contribution is -0.126. The van der Waals surface area contributed by atoms with Crippen molar-refractivity contribution in [3.8, 4) is 0 Å². The minimum atomic E-state index is -0.549. The maximum atomic E-state index is 12.1. The second kappa shape index (κ2) is 5.44. The van der Waals surface area contributed by atoms with Crippen molar-refractivity contribution < 1.29 is 14.3 Å². The molecule has 5 nitrogen and oxygen atoms in total. The van der Waals surface area contributed by atoms with Gasteiger partial charge in [-0.25, -0.2) is 9.69 Å².